The summed E-state index contributed by atoms with van der Waals surface area (Å²) in [5.41, 5.74) is 0.657. The highest BCUT2D eigenvalue weighted by molar-refractivity contribution is 7.98. The first kappa shape index (κ1) is 23.1. The molecule has 3 rings (SSSR count). The number of rotatable bonds is 8. The fourth-order valence-corrected chi connectivity index (χ4v) is 5.50. The number of aromatic nitrogens is 1. The normalized spacial score (nSPS) is 12.4. The minimum absolute atomic E-state index is 0.0611. The topological polar surface area (TPSA) is 112 Å². The molecule has 8 nitrogen and oxygen atoms in total. The van der Waals surface area contributed by atoms with Crippen molar-refractivity contribution in [2.75, 3.05) is 17.8 Å². The van der Waals surface area contributed by atoms with Gasteiger partial charge in [0.1, 0.15) is 5.82 Å². The summed E-state index contributed by atoms with van der Waals surface area (Å²) >= 11 is 2.74. The fraction of sp³-hybridized carbons (Fsp3) is 0.263. The second-order valence-electron chi connectivity index (χ2n) is 6.47. The largest absolute Gasteiger partial charge is 0.316 e. The van der Waals surface area contributed by atoms with Crippen LogP contribution in [-0.2, 0) is 21.2 Å². The highest BCUT2D eigenvalue weighted by Gasteiger charge is 2.17. The van der Waals surface area contributed by atoms with Crippen molar-refractivity contribution >= 4 is 54.7 Å². The summed E-state index contributed by atoms with van der Waals surface area (Å²) in [6.45, 7) is 0.541. The van der Waals surface area contributed by atoms with Gasteiger partial charge < -0.3 is 4.57 Å². The fourth-order valence-electron chi connectivity index (χ4n) is 2.80. The summed E-state index contributed by atoms with van der Waals surface area (Å²) in [4.78, 5) is 27.3. The zero-order valence-electron chi connectivity index (χ0n) is 16.4. The standard InChI is InChI=1S/C19H18FN3O5S3/c1-29-10-9-22-16-7-4-14(23(25)26)12-17(16)30-19(22)21-18(24)8-11-31(27,28)15-5-2-13(20)3-6-15/h2-7,12H,8-11H2,1H3. The van der Waals surface area contributed by atoms with Gasteiger partial charge in [0.25, 0.3) is 5.69 Å². The van der Waals surface area contributed by atoms with Gasteiger partial charge in [-0.3, -0.25) is 14.9 Å². The molecule has 0 saturated heterocycles. The maximum atomic E-state index is 13.0. The Balaban J connectivity index is 1.88. The molecule has 0 atom stereocenters. The molecule has 0 bridgehead atoms. The van der Waals surface area contributed by atoms with Crippen molar-refractivity contribution in [3.05, 3.63) is 63.2 Å². The zero-order valence-corrected chi connectivity index (χ0v) is 18.8. The smallest absolute Gasteiger partial charge is 0.270 e. The van der Waals surface area contributed by atoms with Crippen LogP contribution in [0.2, 0.25) is 0 Å². The third-order valence-corrected chi connectivity index (χ3v) is 7.74. The molecule has 0 aliphatic heterocycles. The van der Waals surface area contributed by atoms with E-state index in [1.165, 1.54) is 12.1 Å². The molecule has 1 aromatic heterocycles. The third kappa shape index (κ3) is 5.57. The van der Waals surface area contributed by atoms with Crippen LogP contribution in [0, 0.1) is 15.9 Å². The number of carbonyl (C=O) groups excluding carboxylic acids is 1. The highest BCUT2D eigenvalue weighted by Crippen LogP contribution is 2.23. The van der Waals surface area contributed by atoms with E-state index in [1.54, 1.807) is 22.4 Å². The monoisotopic (exact) mass is 483 g/mol. The molecule has 3 aromatic rings. The van der Waals surface area contributed by atoms with Crippen molar-refractivity contribution in [2.45, 2.75) is 17.9 Å². The Morgan fingerprint density at radius 2 is 1.97 bits per heavy atom. The number of sulfone groups is 1. The number of thioether (sulfide) groups is 1. The predicted octanol–water partition coefficient (Wildman–Crippen LogP) is 3.40. The zero-order chi connectivity index (χ0) is 22.6. The van der Waals surface area contributed by atoms with E-state index in [1.807, 2.05) is 6.26 Å². The number of hydrogen-bond donors (Lipinski definition) is 0. The first-order valence-corrected chi connectivity index (χ1v) is 12.9. The number of hydrogen-bond acceptors (Lipinski definition) is 7. The van der Waals surface area contributed by atoms with E-state index in [4.69, 9.17) is 0 Å². The Morgan fingerprint density at radius 1 is 1.26 bits per heavy atom. The number of benzene rings is 2. The maximum absolute atomic E-state index is 13.0. The Morgan fingerprint density at radius 3 is 2.61 bits per heavy atom. The molecule has 0 N–H and O–H groups in total. The number of nitrogens with zero attached hydrogens (tertiary/aromatic N) is 3. The van der Waals surface area contributed by atoms with Crippen molar-refractivity contribution in [1.82, 2.24) is 4.57 Å². The van der Waals surface area contributed by atoms with Gasteiger partial charge in [-0.1, -0.05) is 11.3 Å². The van der Waals surface area contributed by atoms with Gasteiger partial charge in [-0.15, -0.1) is 0 Å². The molecule has 0 unspecified atom stereocenters. The average molecular weight is 484 g/mol. The Hall–Kier alpha value is -2.57. The number of nitro groups is 1. The molecule has 0 aliphatic rings. The number of nitro benzene ring substituents is 1. The van der Waals surface area contributed by atoms with Gasteiger partial charge in [0.15, 0.2) is 14.6 Å². The minimum atomic E-state index is -3.76. The maximum Gasteiger partial charge on any atom is 0.270 e. The number of fused-ring (bicyclic) bond motifs is 1. The van der Waals surface area contributed by atoms with E-state index >= 15 is 0 Å². The lowest BCUT2D eigenvalue weighted by molar-refractivity contribution is -0.384. The van der Waals surface area contributed by atoms with Crippen LogP contribution in [0.5, 0.6) is 0 Å². The summed E-state index contributed by atoms with van der Waals surface area (Å²) in [5, 5.41) is 11.0. The van der Waals surface area contributed by atoms with Crippen LogP contribution < -0.4 is 4.80 Å². The van der Waals surface area contributed by atoms with Crippen molar-refractivity contribution in [2.24, 2.45) is 4.99 Å². The number of amides is 1. The van der Waals surface area contributed by atoms with Crippen molar-refractivity contribution in [3.8, 4) is 0 Å². The number of halogens is 1. The SMILES string of the molecule is CSCCn1c(=NC(=O)CCS(=O)(=O)c2ccc(F)cc2)sc2cc([N+](=O)[O-])ccc21. The number of aryl methyl sites for hydroxylation is 1. The number of thiazole rings is 1. The van der Waals surface area contributed by atoms with E-state index in [9.17, 15) is 27.7 Å². The van der Waals surface area contributed by atoms with E-state index in [0.29, 0.717) is 16.0 Å². The van der Waals surface area contributed by atoms with Gasteiger partial charge in [0.2, 0.25) is 5.91 Å². The molecule has 164 valence electrons. The molecule has 12 heteroatoms. The molecular formula is C19H18FN3O5S3. The summed E-state index contributed by atoms with van der Waals surface area (Å²) < 4.78 is 40.2. The summed E-state index contributed by atoms with van der Waals surface area (Å²) in [5.74, 6) is -0.889. The van der Waals surface area contributed by atoms with Gasteiger partial charge in [-0.05, 0) is 36.6 Å². The number of non-ortho nitro benzene ring substituents is 1. The minimum Gasteiger partial charge on any atom is -0.316 e. The summed E-state index contributed by atoms with van der Waals surface area (Å²) in [7, 11) is -3.76. The Kier molecular flexibility index (Phi) is 7.23. The van der Waals surface area contributed by atoms with E-state index < -0.39 is 32.2 Å². The van der Waals surface area contributed by atoms with Crippen molar-refractivity contribution in [1.29, 1.82) is 0 Å². The molecule has 0 spiro atoms. The summed E-state index contributed by atoms with van der Waals surface area (Å²) in [6, 6.07) is 8.84. The molecule has 0 aliphatic carbocycles. The molecule has 1 amide bonds. The molecule has 1 heterocycles. The van der Waals surface area contributed by atoms with Crippen LogP contribution >= 0.6 is 23.1 Å². The van der Waals surface area contributed by atoms with E-state index in [0.717, 1.165) is 46.9 Å². The quantitative estimate of drug-likeness (QED) is 0.276. The van der Waals surface area contributed by atoms with Gasteiger partial charge in [-0.25, -0.2) is 12.8 Å². The first-order valence-electron chi connectivity index (χ1n) is 9.04. The third-order valence-electron chi connectivity index (χ3n) is 4.37. The van der Waals surface area contributed by atoms with Gasteiger partial charge in [-0.2, -0.15) is 16.8 Å². The van der Waals surface area contributed by atoms with Crippen LogP contribution in [0.1, 0.15) is 6.42 Å². The molecule has 0 radical (unpaired) electrons. The Bertz CT molecular complexity index is 1300. The predicted molar refractivity (Wildman–Crippen MR) is 118 cm³/mol. The average Bonchev–Trinajstić information content (AvgIpc) is 3.07. The van der Waals surface area contributed by atoms with Crippen LogP contribution in [0.3, 0.4) is 0 Å². The van der Waals surface area contributed by atoms with Crippen LogP contribution in [-0.4, -0.2) is 41.6 Å². The number of carbonyl (C=O) groups is 1. The van der Waals surface area contributed by atoms with Crippen molar-refractivity contribution < 1.29 is 22.5 Å². The molecule has 31 heavy (non-hydrogen) atoms. The highest BCUT2D eigenvalue weighted by atomic mass is 32.2. The molecule has 0 saturated carbocycles. The second kappa shape index (κ2) is 9.71. The lowest BCUT2D eigenvalue weighted by Crippen LogP contribution is -2.19. The molecule has 0 fully saturated rings. The lowest BCUT2D eigenvalue weighted by atomic mass is 10.3. The second-order valence-corrected chi connectivity index (χ2v) is 10.6. The van der Waals surface area contributed by atoms with Gasteiger partial charge >= 0.3 is 0 Å². The molecule has 2 aromatic carbocycles. The van der Waals surface area contributed by atoms with Crippen molar-refractivity contribution in [3.63, 3.8) is 0 Å². The van der Waals surface area contributed by atoms with Crippen LogP contribution in [0.15, 0.2) is 52.4 Å². The Labute approximate surface area is 185 Å². The molecular weight excluding hydrogens is 465 g/mol. The first-order chi connectivity index (χ1) is 14.7. The van der Waals surface area contributed by atoms with Crippen LogP contribution in [0.25, 0.3) is 10.2 Å². The van der Waals surface area contributed by atoms with Gasteiger partial charge in [0, 0.05) is 30.9 Å². The van der Waals surface area contributed by atoms with E-state index in [-0.39, 0.29) is 17.0 Å². The van der Waals surface area contributed by atoms with Crippen LogP contribution in [0.4, 0.5) is 10.1 Å². The van der Waals surface area contributed by atoms with Gasteiger partial charge in [0.05, 0.1) is 25.8 Å². The summed E-state index contributed by atoms with van der Waals surface area (Å²) in [6.07, 6.45) is 1.60. The van der Waals surface area contributed by atoms with E-state index in [2.05, 4.69) is 4.99 Å². The lowest BCUT2D eigenvalue weighted by Gasteiger charge is -2.04.